The van der Waals surface area contributed by atoms with Gasteiger partial charge >= 0.3 is 0 Å². The lowest BCUT2D eigenvalue weighted by molar-refractivity contribution is 0.223. The zero-order valence-electron chi connectivity index (χ0n) is 10.3. The van der Waals surface area contributed by atoms with Gasteiger partial charge in [0.15, 0.2) is 0 Å². The van der Waals surface area contributed by atoms with Gasteiger partial charge in [0.05, 0.1) is 0 Å². The minimum atomic E-state index is -0.476. The molecule has 0 radical (unpaired) electrons. The Morgan fingerprint density at radius 2 is 2.00 bits per heavy atom. The summed E-state index contributed by atoms with van der Waals surface area (Å²) in [7, 11) is 0. The molecule has 1 heterocycles. The SMILES string of the molecule is CCc1cccc(C(O)c2sccc2CC)c1. The lowest BCUT2D eigenvalue weighted by Gasteiger charge is -2.12. The summed E-state index contributed by atoms with van der Waals surface area (Å²) in [6.07, 6.45) is 1.51. The van der Waals surface area contributed by atoms with Crippen molar-refractivity contribution in [3.8, 4) is 0 Å². The molecule has 0 aliphatic carbocycles. The second kappa shape index (κ2) is 5.48. The molecule has 0 bridgehead atoms. The molecule has 2 aromatic rings. The number of thiophene rings is 1. The summed E-state index contributed by atoms with van der Waals surface area (Å²) in [5, 5.41) is 12.5. The molecule has 0 amide bonds. The van der Waals surface area contributed by atoms with Gasteiger partial charge in [-0.1, -0.05) is 38.1 Å². The lowest BCUT2D eigenvalue weighted by Crippen LogP contribution is -2.00. The first-order valence-electron chi connectivity index (χ1n) is 6.09. The van der Waals surface area contributed by atoms with Crippen molar-refractivity contribution in [1.82, 2.24) is 0 Å². The normalized spacial score (nSPS) is 12.6. The van der Waals surface area contributed by atoms with E-state index in [1.165, 1.54) is 11.1 Å². The van der Waals surface area contributed by atoms with Crippen molar-refractivity contribution in [2.24, 2.45) is 0 Å². The van der Waals surface area contributed by atoms with Crippen molar-refractivity contribution in [1.29, 1.82) is 0 Å². The third kappa shape index (κ3) is 2.59. The van der Waals surface area contributed by atoms with Crippen LogP contribution in [0.4, 0.5) is 0 Å². The fraction of sp³-hybridized carbons (Fsp3) is 0.333. The van der Waals surface area contributed by atoms with E-state index in [-0.39, 0.29) is 0 Å². The highest BCUT2D eigenvalue weighted by molar-refractivity contribution is 7.10. The predicted octanol–water partition coefficient (Wildman–Crippen LogP) is 3.95. The second-order valence-electron chi connectivity index (χ2n) is 4.16. The van der Waals surface area contributed by atoms with Gasteiger partial charge in [-0.2, -0.15) is 0 Å². The lowest BCUT2D eigenvalue weighted by atomic mass is 10.0. The summed E-state index contributed by atoms with van der Waals surface area (Å²) in [6.45, 7) is 4.26. The van der Waals surface area contributed by atoms with E-state index in [1.54, 1.807) is 11.3 Å². The van der Waals surface area contributed by atoms with Gasteiger partial charge in [0.2, 0.25) is 0 Å². The van der Waals surface area contributed by atoms with Crippen LogP contribution in [0.3, 0.4) is 0 Å². The first-order chi connectivity index (χ1) is 8.26. The van der Waals surface area contributed by atoms with Crippen LogP contribution in [0.25, 0.3) is 0 Å². The van der Waals surface area contributed by atoms with Crippen LogP contribution in [0.5, 0.6) is 0 Å². The standard InChI is InChI=1S/C15H18OS/c1-3-11-6-5-7-13(10-11)14(16)15-12(4-2)8-9-17-15/h5-10,14,16H,3-4H2,1-2H3. The Morgan fingerprint density at radius 3 is 2.71 bits per heavy atom. The molecular formula is C15H18OS. The highest BCUT2D eigenvalue weighted by Gasteiger charge is 2.15. The van der Waals surface area contributed by atoms with E-state index >= 15 is 0 Å². The molecule has 17 heavy (non-hydrogen) atoms. The van der Waals surface area contributed by atoms with Crippen LogP contribution in [0.2, 0.25) is 0 Å². The molecule has 1 N–H and O–H groups in total. The van der Waals surface area contributed by atoms with Crippen LogP contribution in [-0.4, -0.2) is 5.11 Å². The molecule has 90 valence electrons. The molecule has 1 unspecified atom stereocenters. The van der Waals surface area contributed by atoms with Gasteiger partial charge in [-0.05, 0) is 41.0 Å². The van der Waals surface area contributed by atoms with Crippen LogP contribution in [0.15, 0.2) is 35.7 Å². The van der Waals surface area contributed by atoms with Crippen molar-refractivity contribution >= 4 is 11.3 Å². The van der Waals surface area contributed by atoms with E-state index in [1.807, 2.05) is 12.1 Å². The number of hydrogen-bond acceptors (Lipinski definition) is 2. The summed E-state index contributed by atoms with van der Waals surface area (Å²) < 4.78 is 0. The summed E-state index contributed by atoms with van der Waals surface area (Å²) >= 11 is 1.64. The van der Waals surface area contributed by atoms with Crippen LogP contribution in [-0.2, 0) is 12.8 Å². The molecule has 1 aromatic carbocycles. The van der Waals surface area contributed by atoms with Gasteiger partial charge in [-0.25, -0.2) is 0 Å². The van der Waals surface area contributed by atoms with E-state index in [0.29, 0.717) is 0 Å². The van der Waals surface area contributed by atoms with Crippen molar-refractivity contribution in [2.45, 2.75) is 32.8 Å². The quantitative estimate of drug-likeness (QED) is 0.866. The Balaban J connectivity index is 2.33. The molecule has 0 aliphatic rings. The Kier molecular flexibility index (Phi) is 3.97. The fourth-order valence-electron chi connectivity index (χ4n) is 2.01. The monoisotopic (exact) mass is 246 g/mol. The summed E-state index contributed by atoms with van der Waals surface area (Å²) in [6, 6.07) is 10.3. The van der Waals surface area contributed by atoms with Crippen molar-refractivity contribution in [3.05, 3.63) is 57.3 Å². The van der Waals surface area contributed by atoms with Gasteiger partial charge in [0, 0.05) is 4.88 Å². The van der Waals surface area contributed by atoms with Crippen LogP contribution >= 0.6 is 11.3 Å². The molecule has 0 saturated heterocycles. The van der Waals surface area contributed by atoms with E-state index in [2.05, 4.69) is 37.4 Å². The van der Waals surface area contributed by atoms with Crippen molar-refractivity contribution in [3.63, 3.8) is 0 Å². The van der Waals surface area contributed by atoms with Gasteiger partial charge < -0.3 is 5.11 Å². The van der Waals surface area contributed by atoms with E-state index in [9.17, 15) is 5.11 Å². The topological polar surface area (TPSA) is 20.2 Å². The maximum Gasteiger partial charge on any atom is 0.113 e. The van der Waals surface area contributed by atoms with E-state index in [0.717, 1.165) is 23.3 Å². The molecule has 0 saturated carbocycles. The first-order valence-corrected chi connectivity index (χ1v) is 6.97. The number of aliphatic hydroxyl groups is 1. The molecule has 0 spiro atoms. The maximum absolute atomic E-state index is 10.4. The van der Waals surface area contributed by atoms with Crippen LogP contribution in [0, 0.1) is 0 Å². The number of hydrogen-bond donors (Lipinski definition) is 1. The molecule has 2 rings (SSSR count). The zero-order valence-corrected chi connectivity index (χ0v) is 11.1. The number of aliphatic hydroxyl groups excluding tert-OH is 1. The largest absolute Gasteiger partial charge is 0.383 e. The Morgan fingerprint density at radius 1 is 1.18 bits per heavy atom. The zero-order chi connectivity index (χ0) is 12.3. The highest BCUT2D eigenvalue weighted by Crippen LogP contribution is 2.30. The molecule has 0 fully saturated rings. The predicted molar refractivity (Wildman–Crippen MR) is 73.6 cm³/mol. The minimum Gasteiger partial charge on any atom is -0.383 e. The van der Waals surface area contributed by atoms with E-state index in [4.69, 9.17) is 0 Å². The number of rotatable bonds is 4. The average Bonchev–Trinajstić information content (AvgIpc) is 2.86. The van der Waals surface area contributed by atoms with Gasteiger partial charge in [0.1, 0.15) is 6.10 Å². The Hall–Kier alpha value is -1.12. The molecule has 1 aromatic heterocycles. The number of benzene rings is 1. The van der Waals surface area contributed by atoms with Gasteiger partial charge in [-0.3, -0.25) is 0 Å². The molecule has 1 nitrogen and oxygen atoms in total. The second-order valence-corrected chi connectivity index (χ2v) is 5.11. The third-order valence-electron chi connectivity index (χ3n) is 3.08. The molecule has 1 atom stereocenters. The van der Waals surface area contributed by atoms with Gasteiger partial charge in [-0.15, -0.1) is 11.3 Å². The van der Waals surface area contributed by atoms with Crippen molar-refractivity contribution < 1.29 is 5.11 Å². The summed E-state index contributed by atoms with van der Waals surface area (Å²) in [5.74, 6) is 0. The van der Waals surface area contributed by atoms with Crippen LogP contribution in [0.1, 0.15) is 41.5 Å². The minimum absolute atomic E-state index is 0.476. The van der Waals surface area contributed by atoms with Crippen LogP contribution < -0.4 is 0 Å². The fourth-order valence-corrected chi connectivity index (χ4v) is 3.02. The molecular weight excluding hydrogens is 228 g/mol. The first kappa shape index (κ1) is 12.3. The highest BCUT2D eigenvalue weighted by atomic mass is 32.1. The summed E-state index contributed by atoms with van der Waals surface area (Å²) in [5.41, 5.74) is 3.53. The Labute approximate surface area is 107 Å². The molecule has 0 aliphatic heterocycles. The summed E-state index contributed by atoms with van der Waals surface area (Å²) in [4.78, 5) is 1.08. The maximum atomic E-state index is 10.4. The van der Waals surface area contributed by atoms with Crippen molar-refractivity contribution in [2.75, 3.05) is 0 Å². The Bertz CT molecular complexity index is 487. The number of aryl methyl sites for hydroxylation is 2. The third-order valence-corrected chi connectivity index (χ3v) is 4.10. The smallest absolute Gasteiger partial charge is 0.113 e. The molecule has 2 heteroatoms. The average molecular weight is 246 g/mol. The van der Waals surface area contributed by atoms with Gasteiger partial charge in [0.25, 0.3) is 0 Å². The van der Waals surface area contributed by atoms with E-state index < -0.39 is 6.10 Å².